The van der Waals surface area contributed by atoms with Crippen LogP contribution in [0.5, 0.6) is 0 Å². The van der Waals surface area contributed by atoms with Crippen LogP contribution < -0.4 is 0 Å². The van der Waals surface area contributed by atoms with Crippen LogP contribution in [0.15, 0.2) is 93.2 Å². The summed E-state index contributed by atoms with van der Waals surface area (Å²) in [5.41, 5.74) is 4.48. The molecule has 6 heteroatoms. The topological polar surface area (TPSA) is 58.2 Å². The Bertz CT molecular complexity index is 1280. The molecule has 1 aromatic heterocycles. The summed E-state index contributed by atoms with van der Waals surface area (Å²) in [4.78, 5) is 24.0. The molecule has 0 atom stereocenters. The Morgan fingerprint density at radius 3 is 2.65 bits per heavy atom. The highest BCUT2D eigenvalue weighted by Crippen LogP contribution is 2.29. The molecule has 0 spiro atoms. The van der Waals surface area contributed by atoms with Crippen molar-refractivity contribution in [3.63, 3.8) is 0 Å². The van der Waals surface area contributed by atoms with Crippen LogP contribution in [0, 0.1) is 12.7 Å². The van der Waals surface area contributed by atoms with Gasteiger partial charge in [-0.2, -0.15) is 0 Å². The van der Waals surface area contributed by atoms with E-state index in [2.05, 4.69) is 4.99 Å². The molecule has 5 nitrogen and oxygen atoms in total. The molecule has 0 N–H and O–H groups in total. The van der Waals surface area contributed by atoms with E-state index in [0.717, 1.165) is 16.7 Å². The number of hydrogen-bond donors (Lipinski definition) is 0. The largest absolute Gasteiger partial charge is 0.465 e. The third kappa shape index (κ3) is 3.75. The molecule has 5 rings (SSSR count). The third-order valence-corrected chi connectivity index (χ3v) is 5.08. The molecule has 3 heterocycles. The van der Waals surface area contributed by atoms with E-state index in [1.807, 2.05) is 31.2 Å². The third-order valence-electron chi connectivity index (χ3n) is 5.08. The molecule has 0 saturated heterocycles. The van der Waals surface area contributed by atoms with E-state index < -0.39 is 0 Å². The van der Waals surface area contributed by atoms with Crippen molar-refractivity contribution in [2.24, 2.45) is 9.98 Å². The number of amidine groups is 1. The predicted octanol–water partition coefficient (Wildman–Crippen LogP) is 5.00. The molecule has 0 bridgehead atoms. The van der Waals surface area contributed by atoms with Crippen molar-refractivity contribution in [2.75, 3.05) is 0 Å². The maximum Gasteiger partial charge on any atom is 0.282 e. The molecule has 2 aliphatic heterocycles. The minimum absolute atomic E-state index is 0.247. The number of aliphatic imine (C=N–C) groups is 2. The van der Waals surface area contributed by atoms with Gasteiger partial charge in [-0.1, -0.05) is 35.9 Å². The van der Waals surface area contributed by atoms with Gasteiger partial charge in [-0.25, -0.2) is 14.4 Å². The molecule has 0 radical (unpaired) electrons. The van der Waals surface area contributed by atoms with E-state index in [1.54, 1.807) is 42.8 Å². The highest BCUT2D eigenvalue weighted by molar-refractivity contribution is 6.48. The summed E-state index contributed by atoms with van der Waals surface area (Å²) in [7, 11) is 0. The molecular formula is C25H18FN3O2. The van der Waals surface area contributed by atoms with Crippen molar-refractivity contribution in [1.82, 2.24) is 4.90 Å². The van der Waals surface area contributed by atoms with E-state index in [4.69, 9.17) is 9.41 Å². The number of fused-ring (bicyclic) bond motifs is 1. The number of nitrogens with zero attached hydrogens (tertiary/aromatic N) is 3. The van der Waals surface area contributed by atoms with Gasteiger partial charge in [-0.05, 0) is 42.8 Å². The first-order chi connectivity index (χ1) is 15.1. The first kappa shape index (κ1) is 18.9. The molecule has 3 aromatic rings. The van der Waals surface area contributed by atoms with E-state index in [0.29, 0.717) is 29.4 Å². The predicted molar refractivity (Wildman–Crippen MR) is 118 cm³/mol. The highest BCUT2D eigenvalue weighted by Gasteiger charge is 2.35. The normalized spacial score (nSPS) is 16.8. The van der Waals surface area contributed by atoms with E-state index in [9.17, 15) is 9.18 Å². The first-order valence-corrected chi connectivity index (χ1v) is 9.85. The van der Waals surface area contributed by atoms with Gasteiger partial charge in [0, 0.05) is 24.3 Å². The zero-order chi connectivity index (χ0) is 21.4. The number of hydrogen-bond acceptors (Lipinski definition) is 4. The molecule has 2 aromatic carbocycles. The molecule has 31 heavy (non-hydrogen) atoms. The van der Waals surface area contributed by atoms with Gasteiger partial charge in [0.2, 0.25) is 0 Å². The number of rotatable bonds is 4. The molecule has 0 saturated carbocycles. The first-order valence-electron chi connectivity index (χ1n) is 9.85. The lowest BCUT2D eigenvalue weighted by Gasteiger charge is -2.22. The Morgan fingerprint density at radius 1 is 1.06 bits per heavy atom. The molecular weight excluding hydrogens is 393 g/mol. The van der Waals surface area contributed by atoms with Gasteiger partial charge in [-0.3, -0.25) is 9.69 Å². The van der Waals surface area contributed by atoms with Gasteiger partial charge in [0.1, 0.15) is 17.3 Å². The van der Waals surface area contributed by atoms with Crippen LogP contribution in [0.4, 0.5) is 4.39 Å². The van der Waals surface area contributed by atoms with Crippen LogP contribution in [0.2, 0.25) is 0 Å². The van der Waals surface area contributed by atoms with Crippen LogP contribution in [0.3, 0.4) is 0 Å². The Kier molecular flexibility index (Phi) is 4.67. The number of benzene rings is 2. The molecule has 152 valence electrons. The van der Waals surface area contributed by atoms with Crippen molar-refractivity contribution >= 4 is 29.2 Å². The van der Waals surface area contributed by atoms with E-state index in [1.165, 1.54) is 17.0 Å². The highest BCUT2D eigenvalue weighted by atomic mass is 19.1. The van der Waals surface area contributed by atoms with Crippen LogP contribution in [0.1, 0.15) is 22.5 Å². The van der Waals surface area contributed by atoms with Gasteiger partial charge in [0.15, 0.2) is 5.84 Å². The minimum Gasteiger partial charge on any atom is -0.465 e. The maximum absolute atomic E-state index is 13.4. The van der Waals surface area contributed by atoms with Gasteiger partial charge < -0.3 is 4.42 Å². The fourth-order valence-corrected chi connectivity index (χ4v) is 3.57. The van der Waals surface area contributed by atoms with E-state index >= 15 is 0 Å². The second-order valence-corrected chi connectivity index (χ2v) is 7.40. The van der Waals surface area contributed by atoms with Crippen molar-refractivity contribution in [2.45, 2.75) is 13.3 Å². The summed E-state index contributed by atoms with van der Waals surface area (Å²) < 4.78 is 18.7. The fraction of sp³-hybridized carbons (Fsp3) is 0.0800. The Labute approximate surface area is 178 Å². The number of carbonyl (C=O) groups excluding carboxylic acids is 1. The molecule has 2 aliphatic rings. The molecule has 0 unspecified atom stereocenters. The average Bonchev–Trinajstić information content (AvgIpc) is 3.39. The van der Waals surface area contributed by atoms with Crippen molar-refractivity contribution in [1.29, 1.82) is 0 Å². The Balaban J connectivity index is 1.58. The quantitative estimate of drug-likeness (QED) is 0.567. The number of amides is 1. The average molecular weight is 411 g/mol. The maximum atomic E-state index is 13.4. The summed E-state index contributed by atoms with van der Waals surface area (Å²) in [5, 5.41) is 0. The van der Waals surface area contributed by atoms with Crippen LogP contribution >= 0.6 is 0 Å². The number of halogens is 1. The van der Waals surface area contributed by atoms with Crippen molar-refractivity contribution < 1.29 is 13.6 Å². The second kappa shape index (κ2) is 7.65. The molecule has 0 aliphatic carbocycles. The smallest absolute Gasteiger partial charge is 0.282 e. The summed E-state index contributed by atoms with van der Waals surface area (Å²) in [5.74, 6) is 0.479. The Hall–Kier alpha value is -4.06. The fourth-order valence-electron chi connectivity index (χ4n) is 3.57. The van der Waals surface area contributed by atoms with Gasteiger partial charge in [0.05, 0.1) is 17.7 Å². The monoisotopic (exact) mass is 411 g/mol. The van der Waals surface area contributed by atoms with Gasteiger partial charge in [0.25, 0.3) is 5.91 Å². The lowest BCUT2D eigenvalue weighted by Crippen LogP contribution is -2.36. The van der Waals surface area contributed by atoms with Crippen LogP contribution in [-0.2, 0) is 11.2 Å². The summed E-state index contributed by atoms with van der Waals surface area (Å²) in [6.45, 7) is 2.01. The zero-order valence-corrected chi connectivity index (χ0v) is 16.7. The minimum atomic E-state index is -0.298. The summed E-state index contributed by atoms with van der Waals surface area (Å²) in [6, 6.07) is 17.7. The standard InChI is InChI=1S/C25H18FN3O2/c1-16-4-2-5-18(12-16)23-15-29-24(21(27-23)13-17-7-9-19(26)10-8-17)28-22(25(29)30)14-20-6-3-11-31-20/h2-12,14-15H,13H2,1H3/b22-14-. The summed E-state index contributed by atoms with van der Waals surface area (Å²) >= 11 is 0. The second-order valence-electron chi connectivity index (χ2n) is 7.40. The summed E-state index contributed by atoms with van der Waals surface area (Å²) in [6.07, 6.45) is 5.29. The SMILES string of the molecule is Cc1cccc(C2=CN3C(=O)/C(=C/c4ccco4)N=C3C(Cc3ccc(F)cc3)=N2)c1. The van der Waals surface area contributed by atoms with Crippen LogP contribution in [-0.4, -0.2) is 22.4 Å². The lowest BCUT2D eigenvalue weighted by atomic mass is 10.0. The Morgan fingerprint density at radius 2 is 1.90 bits per heavy atom. The molecule has 0 fully saturated rings. The van der Waals surface area contributed by atoms with E-state index in [-0.39, 0.29) is 17.4 Å². The van der Waals surface area contributed by atoms with Crippen molar-refractivity contribution in [3.8, 4) is 0 Å². The number of aryl methyl sites for hydroxylation is 1. The number of furan rings is 1. The van der Waals surface area contributed by atoms with Crippen molar-refractivity contribution in [3.05, 3.63) is 107 Å². The van der Waals surface area contributed by atoms with Gasteiger partial charge >= 0.3 is 0 Å². The van der Waals surface area contributed by atoms with Gasteiger partial charge in [-0.15, -0.1) is 0 Å². The van der Waals surface area contributed by atoms with Crippen LogP contribution in [0.25, 0.3) is 11.8 Å². The zero-order valence-electron chi connectivity index (χ0n) is 16.7. The number of carbonyl (C=O) groups is 1. The molecule has 1 amide bonds. The lowest BCUT2D eigenvalue weighted by molar-refractivity contribution is -0.120.